The molecule has 0 aliphatic rings. The number of amides is 1. The highest BCUT2D eigenvalue weighted by Gasteiger charge is 2.31. The lowest BCUT2D eigenvalue weighted by Crippen LogP contribution is -2.14. The summed E-state index contributed by atoms with van der Waals surface area (Å²) in [5, 5.41) is 9.95. The standard InChI is InChI=1S/C19H16F3N3O2/c1-10-7-14(8-11(2)12(10)3)17-24-25-18(27-17)23-16(26)13-5-4-6-15(9-13)19(20,21)22/h4-9H,1-3H3,(H,23,25,26). The van der Waals surface area contributed by atoms with E-state index in [-0.39, 0.29) is 17.5 Å². The third-order valence-corrected chi connectivity index (χ3v) is 4.27. The molecular weight excluding hydrogens is 359 g/mol. The Bertz CT molecular complexity index is 986. The number of alkyl halides is 3. The first-order valence-corrected chi connectivity index (χ1v) is 8.05. The van der Waals surface area contributed by atoms with E-state index in [0.717, 1.165) is 34.9 Å². The first-order chi connectivity index (χ1) is 12.6. The van der Waals surface area contributed by atoms with Crippen LogP contribution in [0.3, 0.4) is 0 Å². The molecule has 1 heterocycles. The summed E-state index contributed by atoms with van der Waals surface area (Å²) >= 11 is 0. The van der Waals surface area contributed by atoms with Gasteiger partial charge in [-0.3, -0.25) is 10.1 Å². The van der Waals surface area contributed by atoms with Gasteiger partial charge in [-0.05, 0) is 67.8 Å². The molecule has 0 aliphatic heterocycles. The van der Waals surface area contributed by atoms with Gasteiger partial charge in [-0.1, -0.05) is 11.2 Å². The lowest BCUT2D eigenvalue weighted by atomic mass is 10.0. The molecule has 3 rings (SSSR count). The van der Waals surface area contributed by atoms with Crippen LogP contribution in [0.15, 0.2) is 40.8 Å². The van der Waals surface area contributed by atoms with Crippen molar-refractivity contribution in [3.8, 4) is 11.5 Å². The highest BCUT2D eigenvalue weighted by Crippen LogP contribution is 2.30. The monoisotopic (exact) mass is 375 g/mol. The van der Waals surface area contributed by atoms with Gasteiger partial charge >= 0.3 is 12.2 Å². The van der Waals surface area contributed by atoms with E-state index in [1.165, 1.54) is 6.07 Å². The zero-order chi connectivity index (χ0) is 19.8. The molecule has 0 radical (unpaired) electrons. The Morgan fingerprint density at radius 2 is 1.70 bits per heavy atom. The van der Waals surface area contributed by atoms with E-state index < -0.39 is 17.6 Å². The van der Waals surface area contributed by atoms with E-state index in [0.29, 0.717) is 5.56 Å². The topological polar surface area (TPSA) is 68.0 Å². The van der Waals surface area contributed by atoms with Gasteiger partial charge in [0, 0.05) is 11.1 Å². The van der Waals surface area contributed by atoms with Crippen molar-refractivity contribution in [3.05, 3.63) is 64.2 Å². The molecule has 3 aromatic rings. The zero-order valence-electron chi connectivity index (χ0n) is 14.8. The van der Waals surface area contributed by atoms with Crippen LogP contribution in [0.4, 0.5) is 19.2 Å². The van der Waals surface area contributed by atoms with Crippen molar-refractivity contribution >= 4 is 11.9 Å². The van der Waals surface area contributed by atoms with E-state index in [9.17, 15) is 18.0 Å². The molecule has 0 unspecified atom stereocenters. The van der Waals surface area contributed by atoms with E-state index >= 15 is 0 Å². The number of benzene rings is 2. The maximum atomic E-state index is 12.8. The minimum Gasteiger partial charge on any atom is -0.403 e. The van der Waals surface area contributed by atoms with Gasteiger partial charge in [-0.25, -0.2) is 0 Å². The van der Waals surface area contributed by atoms with E-state index in [1.807, 2.05) is 32.9 Å². The molecular formula is C19H16F3N3O2. The number of hydrogen-bond acceptors (Lipinski definition) is 4. The van der Waals surface area contributed by atoms with Crippen molar-refractivity contribution in [2.24, 2.45) is 0 Å². The number of aromatic nitrogens is 2. The van der Waals surface area contributed by atoms with E-state index in [1.54, 1.807) is 0 Å². The number of anilines is 1. The number of halogens is 3. The highest BCUT2D eigenvalue weighted by molar-refractivity contribution is 6.03. The lowest BCUT2D eigenvalue weighted by molar-refractivity contribution is -0.137. The number of nitrogens with one attached hydrogen (secondary N) is 1. The smallest absolute Gasteiger partial charge is 0.403 e. The molecule has 0 saturated carbocycles. The first kappa shape index (κ1) is 18.6. The third-order valence-electron chi connectivity index (χ3n) is 4.27. The third kappa shape index (κ3) is 3.99. The molecule has 0 fully saturated rings. The van der Waals surface area contributed by atoms with E-state index in [2.05, 4.69) is 15.5 Å². The SMILES string of the molecule is Cc1cc(-c2nnc(NC(=O)c3cccc(C(F)(F)F)c3)o2)cc(C)c1C. The zero-order valence-corrected chi connectivity index (χ0v) is 14.8. The van der Waals surface area contributed by atoms with Crippen LogP contribution in [0.25, 0.3) is 11.5 Å². The Hall–Kier alpha value is -3.16. The van der Waals surface area contributed by atoms with Gasteiger partial charge in [0.2, 0.25) is 5.89 Å². The number of rotatable bonds is 3. The van der Waals surface area contributed by atoms with Gasteiger partial charge in [0.1, 0.15) is 0 Å². The maximum Gasteiger partial charge on any atom is 0.416 e. The van der Waals surface area contributed by atoms with E-state index in [4.69, 9.17) is 4.42 Å². The van der Waals surface area contributed by atoms with Crippen LogP contribution < -0.4 is 5.32 Å². The fourth-order valence-electron chi connectivity index (χ4n) is 2.56. The average Bonchev–Trinajstić information content (AvgIpc) is 3.07. The van der Waals surface area contributed by atoms with Crippen molar-refractivity contribution in [3.63, 3.8) is 0 Å². The first-order valence-electron chi connectivity index (χ1n) is 8.05. The Balaban J connectivity index is 1.81. The molecule has 0 saturated heterocycles. The minimum absolute atomic E-state index is 0.161. The van der Waals surface area contributed by atoms with Crippen LogP contribution in [0.1, 0.15) is 32.6 Å². The van der Waals surface area contributed by atoms with Crippen LogP contribution in [0.5, 0.6) is 0 Å². The van der Waals surface area contributed by atoms with Crippen molar-refractivity contribution < 1.29 is 22.4 Å². The molecule has 8 heteroatoms. The Kier molecular flexibility index (Phi) is 4.73. The normalized spacial score (nSPS) is 11.5. The molecule has 1 N–H and O–H groups in total. The Labute approximate surface area is 153 Å². The summed E-state index contributed by atoms with van der Waals surface area (Å²) in [5.74, 6) is -0.562. The molecule has 2 aromatic carbocycles. The van der Waals surface area contributed by atoms with Gasteiger partial charge in [0.25, 0.3) is 5.91 Å². The molecule has 5 nitrogen and oxygen atoms in total. The lowest BCUT2D eigenvalue weighted by Gasteiger charge is -2.08. The predicted octanol–water partition coefficient (Wildman–Crippen LogP) is 4.93. The molecule has 1 amide bonds. The number of aryl methyl sites for hydroxylation is 2. The van der Waals surface area contributed by atoms with Gasteiger partial charge in [0.05, 0.1) is 5.56 Å². The highest BCUT2D eigenvalue weighted by atomic mass is 19.4. The van der Waals surface area contributed by atoms with Crippen molar-refractivity contribution in [1.29, 1.82) is 0 Å². The minimum atomic E-state index is -4.53. The number of nitrogens with zero attached hydrogens (tertiary/aromatic N) is 2. The molecule has 0 atom stereocenters. The maximum absolute atomic E-state index is 12.8. The summed E-state index contributed by atoms with van der Waals surface area (Å²) in [6, 6.07) is 7.66. The van der Waals surface area contributed by atoms with Gasteiger partial charge < -0.3 is 4.42 Å². The van der Waals surface area contributed by atoms with Crippen molar-refractivity contribution in [2.75, 3.05) is 5.32 Å². The van der Waals surface area contributed by atoms with Gasteiger partial charge in [0.15, 0.2) is 0 Å². The van der Waals surface area contributed by atoms with Crippen LogP contribution in [-0.4, -0.2) is 16.1 Å². The Morgan fingerprint density at radius 1 is 1.04 bits per heavy atom. The summed E-state index contributed by atoms with van der Waals surface area (Å²) in [4.78, 5) is 12.2. The van der Waals surface area contributed by atoms with Crippen LogP contribution in [-0.2, 0) is 6.18 Å². The van der Waals surface area contributed by atoms with Crippen LogP contribution in [0.2, 0.25) is 0 Å². The summed E-state index contributed by atoms with van der Waals surface area (Å²) in [6.45, 7) is 5.92. The summed E-state index contributed by atoms with van der Waals surface area (Å²) in [7, 11) is 0. The van der Waals surface area contributed by atoms with Crippen molar-refractivity contribution in [2.45, 2.75) is 26.9 Å². The molecule has 27 heavy (non-hydrogen) atoms. The Morgan fingerprint density at radius 3 is 2.33 bits per heavy atom. The van der Waals surface area contributed by atoms with Gasteiger partial charge in [-0.2, -0.15) is 13.2 Å². The predicted molar refractivity (Wildman–Crippen MR) is 93.3 cm³/mol. The summed E-state index contributed by atoms with van der Waals surface area (Å²) < 4.78 is 43.7. The summed E-state index contributed by atoms with van der Waals surface area (Å²) in [5.41, 5.74) is 2.88. The molecule has 1 aromatic heterocycles. The number of carbonyl (C=O) groups is 1. The molecule has 140 valence electrons. The van der Waals surface area contributed by atoms with Gasteiger partial charge in [-0.15, -0.1) is 5.10 Å². The second-order valence-corrected chi connectivity index (χ2v) is 6.18. The van der Waals surface area contributed by atoms with Crippen LogP contribution >= 0.6 is 0 Å². The molecule has 0 spiro atoms. The second-order valence-electron chi connectivity index (χ2n) is 6.18. The summed E-state index contributed by atoms with van der Waals surface area (Å²) in [6.07, 6.45) is -4.53. The fourth-order valence-corrected chi connectivity index (χ4v) is 2.56. The van der Waals surface area contributed by atoms with Crippen LogP contribution in [0, 0.1) is 20.8 Å². The number of carbonyl (C=O) groups excluding carboxylic acids is 1. The molecule has 0 aliphatic carbocycles. The molecule has 0 bridgehead atoms. The largest absolute Gasteiger partial charge is 0.416 e. The quantitative estimate of drug-likeness (QED) is 0.705. The number of hydrogen-bond donors (Lipinski definition) is 1. The van der Waals surface area contributed by atoms with Crippen molar-refractivity contribution in [1.82, 2.24) is 10.2 Å². The fraction of sp³-hybridized carbons (Fsp3) is 0.211. The second kappa shape index (κ2) is 6.86. The average molecular weight is 375 g/mol.